The molecule has 8 heteroatoms. The summed E-state index contributed by atoms with van der Waals surface area (Å²) in [5.41, 5.74) is -0.346. The van der Waals surface area contributed by atoms with E-state index in [1.54, 1.807) is 16.8 Å². The lowest BCUT2D eigenvalue weighted by Crippen LogP contribution is -2.12. The number of amides is 1. The van der Waals surface area contributed by atoms with Crippen LogP contribution in [-0.2, 0) is 0 Å². The van der Waals surface area contributed by atoms with E-state index >= 15 is 0 Å². The Morgan fingerprint density at radius 2 is 2.00 bits per heavy atom. The molecule has 0 saturated carbocycles. The van der Waals surface area contributed by atoms with E-state index in [9.17, 15) is 19.7 Å². The third kappa shape index (κ3) is 2.81. The molecule has 1 amide bonds. The number of carboxylic acids is 1. The molecule has 0 bridgehead atoms. The molecule has 2 N–H and O–H groups in total. The molecular formula is C12H8N2O5S. The predicted octanol–water partition coefficient (Wildman–Crippen LogP) is 2.61. The number of carbonyl (C=O) groups is 2. The van der Waals surface area contributed by atoms with Crippen LogP contribution < -0.4 is 5.32 Å². The molecule has 2 aromatic rings. The molecule has 1 aromatic carbocycles. The molecule has 2 rings (SSSR count). The fourth-order valence-corrected chi connectivity index (χ4v) is 2.15. The zero-order valence-electron chi connectivity index (χ0n) is 9.90. The molecule has 0 fully saturated rings. The highest BCUT2D eigenvalue weighted by Crippen LogP contribution is 2.26. The summed E-state index contributed by atoms with van der Waals surface area (Å²) in [5, 5.41) is 25.4. The van der Waals surface area contributed by atoms with Crippen molar-refractivity contribution < 1.29 is 19.6 Å². The van der Waals surface area contributed by atoms with Crippen LogP contribution in [-0.4, -0.2) is 21.9 Å². The number of nitrogens with zero attached hydrogens (tertiary/aromatic N) is 1. The van der Waals surface area contributed by atoms with Crippen LogP contribution in [0.25, 0.3) is 0 Å². The Bertz CT molecular complexity index is 681. The number of thiophene rings is 1. The van der Waals surface area contributed by atoms with Gasteiger partial charge in [0, 0.05) is 11.4 Å². The summed E-state index contributed by atoms with van der Waals surface area (Å²) in [5.74, 6) is -1.76. The van der Waals surface area contributed by atoms with Crippen LogP contribution in [0.15, 0.2) is 35.0 Å². The maximum absolute atomic E-state index is 11.8. The molecule has 1 heterocycles. The molecule has 0 saturated heterocycles. The average molecular weight is 292 g/mol. The van der Waals surface area contributed by atoms with Gasteiger partial charge in [-0.05, 0) is 23.6 Å². The van der Waals surface area contributed by atoms with Crippen molar-refractivity contribution in [1.82, 2.24) is 0 Å². The summed E-state index contributed by atoms with van der Waals surface area (Å²) < 4.78 is 0. The van der Waals surface area contributed by atoms with E-state index in [1.807, 2.05) is 0 Å². The van der Waals surface area contributed by atoms with Gasteiger partial charge in [-0.3, -0.25) is 14.9 Å². The number of benzene rings is 1. The third-order valence-electron chi connectivity index (χ3n) is 2.47. The van der Waals surface area contributed by atoms with Crippen LogP contribution in [0, 0.1) is 10.1 Å². The lowest BCUT2D eigenvalue weighted by molar-refractivity contribution is -0.383. The van der Waals surface area contributed by atoms with Gasteiger partial charge < -0.3 is 10.4 Å². The quantitative estimate of drug-likeness (QED) is 0.665. The Balaban J connectivity index is 2.34. The van der Waals surface area contributed by atoms with Crippen LogP contribution in [0.1, 0.15) is 20.7 Å². The fourth-order valence-electron chi connectivity index (χ4n) is 1.51. The van der Waals surface area contributed by atoms with Gasteiger partial charge in [0.05, 0.1) is 16.1 Å². The fraction of sp³-hybridized carbons (Fsp3) is 0. The minimum atomic E-state index is -1.27. The first kappa shape index (κ1) is 13.7. The predicted molar refractivity (Wildman–Crippen MR) is 72.3 cm³/mol. The topological polar surface area (TPSA) is 110 Å². The van der Waals surface area contributed by atoms with Crippen LogP contribution in [0.5, 0.6) is 0 Å². The van der Waals surface area contributed by atoms with Gasteiger partial charge in [0.15, 0.2) is 0 Å². The summed E-state index contributed by atoms with van der Waals surface area (Å²) in [7, 11) is 0. The highest BCUT2D eigenvalue weighted by Gasteiger charge is 2.19. The van der Waals surface area contributed by atoms with E-state index in [-0.39, 0.29) is 11.3 Å². The van der Waals surface area contributed by atoms with Gasteiger partial charge in [0.25, 0.3) is 11.6 Å². The normalized spacial score (nSPS) is 10.0. The number of anilines is 1. The highest BCUT2D eigenvalue weighted by molar-refractivity contribution is 7.08. The third-order valence-corrected chi connectivity index (χ3v) is 3.16. The number of hydrogen-bond acceptors (Lipinski definition) is 5. The van der Waals surface area contributed by atoms with Crippen molar-refractivity contribution in [2.45, 2.75) is 0 Å². The molecule has 0 aliphatic carbocycles. The van der Waals surface area contributed by atoms with Crippen molar-refractivity contribution >= 4 is 34.6 Å². The van der Waals surface area contributed by atoms with Crippen molar-refractivity contribution in [3.8, 4) is 0 Å². The Labute approximate surface area is 116 Å². The first-order valence-electron chi connectivity index (χ1n) is 5.34. The van der Waals surface area contributed by atoms with Crippen LogP contribution in [0.2, 0.25) is 0 Å². The molecule has 0 aliphatic heterocycles. The average Bonchev–Trinajstić information content (AvgIpc) is 2.92. The van der Waals surface area contributed by atoms with Crippen molar-refractivity contribution in [2.24, 2.45) is 0 Å². The number of nitro groups is 1. The standard InChI is InChI=1S/C12H8N2O5S/c15-11(8-3-4-20-6-8)13-9-2-1-7(12(16)17)5-10(9)14(18)19/h1-6H,(H,13,15)(H,16,17). The van der Waals surface area contributed by atoms with E-state index in [0.29, 0.717) is 5.56 Å². The van der Waals surface area contributed by atoms with Gasteiger partial charge in [-0.1, -0.05) is 0 Å². The minimum Gasteiger partial charge on any atom is -0.478 e. The molecule has 1 aromatic heterocycles. The molecular weight excluding hydrogens is 284 g/mol. The van der Waals surface area contributed by atoms with Gasteiger partial charge in [-0.15, -0.1) is 0 Å². The number of rotatable bonds is 4. The first-order valence-corrected chi connectivity index (χ1v) is 6.28. The van der Waals surface area contributed by atoms with Gasteiger partial charge in [-0.2, -0.15) is 11.3 Å². The van der Waals surface area contributed by atoms with Crippen LogP contribution in [0.3, 0.4) is 0 Å². The van der Waals surface area contributed by atoms with E-state index in [1.165, 1.54) is 23.5 Å². The Morgan fingerprint density at radius 3 is 2.55 bits per heavy atom. The van der Waals surface area contributed by atoms with E-state index in [2.05, 4.69) is 5.32 Å². The second kappa shape index (κ2) is 5.49. The number of carbonyl (C=O) groups excluding carboxylic acids is 1. The first-order chi connectivity index (χ1) is 9.49. The number of aromatic carboxylic acids is 1. The van der Waals surface area contributed by atoms with Gasteiger partial charge >= 0.3 is 5.97 Å². The maximum Gasteiger partial charge on any atom is 0.335 e. The number of nitrogens with one attached hydrogen (secondary N) is 1. The molecule has 0 atom stereocenters. The molecule has 0 unspecified atom stereocenters. The van der Waals surface area contributed by atoms with Crippen LogP contribution in [0.4, 0.5) is 11.4 Å². The van der Waals surface area contributed by atoms with Crippen LogP contribution >= 0.6 is 11.3 Å². The molecule has 20 heavy (non-hydrogen) atoms. The lowest BCUT2D eigenvalue weighted by Gasteiger charge is -2.05. The monoisotopic (exact) mass is 292 g/mol. The second-order valence-electron chi connectivity index (χ2n) is 3.76. The molecule has 102 valence electrons. The van der Waals surface area contributed by atoms with Crippen molar-refractivity contribution in [1.29, 1.82) is 0 Å². The summed E-state index contributed by atoms with van der Waals surface area (Å²) in [6, 6.07) is 4.88. The summed E-state index contributed by atoms with van der Waals surface area (Å²) in [6.45, 7) is 0. The summed E-state index contributed by atoms with van der Waals surface area (Å²) in [6.07, 6.45) is 0. The Kier molecular flexibility index (Phi) is 3.76. The number of carboxylic acid groups (broad SMARTS) is 1. The SMILES string of the molecule is O=C(O)c1ccc(NC(=O)c2ccsc2)c([N+](=O)[O-])c1. The molecule has 0 radical (unpaired) electrons. The largest absolute Gasteiger partial charge is 0.478 e. The Morgan fingerprint density at radius 1 is 1.25 bits per heavy atom. The van der Waals surface area contributed by atoms with E-state index < -0.39 is 22.5 Å². The highest BCUT2D eigenvalue weighted by atomic mass is 32.1. The Hall–Kier alpha value is -2.74. The van der Waals surface area contributed by atoms with Crippen molar-refractivity contribution in [3.05, 3.63) is 56.3 Å². The summed E-state index contributed by atoms with van der Waals surface area (Å²) in [4.78, 5) is 32.8. The number of nitro benzene ring substituents is 1. The van der Waals surface area contributed by atoms with Crippen molar-refractivity contribution in [3.63, 3.8) is 0 Å². The maximum atomic E-state index is 11.8. The molecule has 7 nitrogen and oxygen atoms in total. The lowest BCUT2D eigenvalue weighted by atomic mass is 10.1. The zero-order valence-corrected chi connectivity index (χ0v) is 10.7. The summed E-state index contributed by atoms with van der Waals surface area (Å²) >= 11 is 1.32. The molecule has 0 spiro atoms. The van der Waals surface area contributed by atoms with E-state index in [4.69, 9.17) is 5.11 Å². The minimum absolute atomic E-state index is 0.0452. The second-order valence-corrected chi connectivity index (χ2v) is 4.54. The van der Waals surface area contributed by atoms with Gasteiger partial charge in [0.2, 0.25) is 0 Å². The van der Waals surface area contributed by atoms with E-state index in [0.717, 1.165) is 6.07 Å². The van der Waals surface area contributed by atoms with Gasteiger partial charge in [-0.25, -0.2) is 4.79 Å². The van der Waals surface area contributed by atoms with Gasteiger partial charge in [0.1, 0.15) is 5.69 Å². The number of hydrogen-bond donors (Lipinski definition) is 2. The smallest absolute Gasteiger partial charge is 0.335 e. The van der Waals surface area contributed by atoms with Crippen molar-refractivity contribution in [2.75, 3.05) is 5.32 Å². The molecule has 0 aliphatic rings. The zero-order chi connectivity index (χ0) is 14.7.